The van der Waals surface area contributed by atoms with Crippen LogP contribution in [0, 0.1) is 5.82 Å². The van der Waals surface area contributed by atoms with Crippen LogP contribution < -0.4 is 5.32 Å². The lowest BCUT2D eigenvalue weighted by molar-refractivity contribution is 0.300. The Morgan fingerprint density at radius 1 is 1.53 bits per heavy atom. The van der Waals surface area contributed by atoms with Crippen LogP contribution in [0.5, 0.6) is 0 Å². The number of likely N-dealkylation sites (tertiary alicyclic amines) is 1. The molecular formula is C13H18ClFN2. The Bertz CT molecular complexity index is 384. The molecule has 4 heteroatoms. The van der Waals surface area contributed by atoms with Crippen molar-refractivity contribution in [2.75, 3.05) is 20.1 Å². The number of halogens is 2. The molecule has 0 amide bonds. The molecule has 1 aliphatic rings. The molecule has 94 valence electrons. The van der Waals surface area contributed by atoms with Gasteiger partial charge in [-0.15, -0.1) is 0 Å². The zero-order valence-corrected chi connectivity index (χ0v) is 10.8. The first-order valence-corrected chi connectivity index (χ1v) is 6.39. The van der Waals surface area contributed by atoms with Crippen LogP contribution >= 0.6 is 11.6 Å². The van der Waals surface area contributed by atoms with Gasteiger partial charge in [0, 0.05) is 24.2 Å². The van der Waals surface area contributed by atoms with Gasteiger partial charge in [0.2, 0.25) is 0 Å². The highest BCUT2D eigenvalue weighted by Gasteiger charge is 2.19. The normalized spacial score (nSPS) is 21.0. The lowest BCUT2D eigenvalue weighted by Crippen LogP contribution is -2.35. The molecular weight excluding hydrogens is 239 g/mol. The molecule has 1 atom stereocenters. The number of hydrogen-bond donors (Lipinski definition) is 1. The molecule has 1 saturated heterocycles. The summed E-state index contributed by atoms with van der Waals surface area (Å²) in [6.45, 7) is 2.73. The molecule has 0 radical (unpaired) electrons. The molecule has 1 aromatic rings. The molecule has 1 fully saturated rings. The van der Waals surface area contributed by atoms with E-state index in [4.69, 9.17) is 11.6 Å². The van der Waals surface area contributed by atoms with Crippen molar-refractivity contribution in [2.24, 2.45) is 0 Å². The van der Waals surface area contributed by atoms with Crippen LogP contribution in [-0.4, -0.2) is 31.1 Å². The Morgan fingerprint density at radius 3 is 3.06 bits per heavy atom. The Labute approximate surface area is 107 Å². The maximum Gasteiger partial charge on any atom is 0.123 e. The fourth-order valence-electron chi connectivity index (χ4n) is 2.29. The monoisotopic (exact) mass is 256 g/mol. The topological polar surface area (TPSA) is 15.3 Å². The zero-order valence-electron chi connectivity index (χ0n) is 10.0. The zero-order chi connectivity index (χ0) is 12.3. The summed E-state index contributed by atoms with van der Waals surface area (Å²) < 4.78 is 13.0. The van der Waals surface area contributed by atoms with Gasteiger partial charge < -0.3 is 10.2 Å². The molecule has 2 rings (SSSR count). The van der Waals surface area contributed by atoms with Crippen molar-refractivity contribution < 1.29 is 4.39 Å². The molecule has 1 unspecified atom stereocenters. The summed E-state index contributed by atoms with van der Waals surface area (Å²) in [6, 6.07) is 5.09. The van der Waals surface area contributed by atoms with Gasteiger partial charge in [-0.25, -0.2) is 4.39 Å². The van der Waals surface area contributed by atoms with E-state index in [1.807, 2.05) is 0 Å². The van der Waals surface area contributed by atoms with Gasteiger partial charge in [0.15, 0.2) is 0 Å². The summed E-state index contributed by atoms with van der Waals surface area (Å²) in [5.74, 6) is -0.232. The molecule has 0 saturated carbocycles. The average Bonchev–Trinajstić information content (AvgIpc) is 2.70. The Balaban J connectivity index is 1.83. The maximum atomic E-state index is 13.0. The van der Waals surface area contributed by atoms with Gasteiger partial charge in [-0.05, 0) is 50.2 Å². The van der Waals surface area contributed by atoms with Crippen molar-refractivity contribution in [2.45, 2.75) is 25.4 Å². The lowest BCUT2D eigenvalue weighted by atomic mass is 10.2. The van der Waals surface area contributed by atoms with Gasteiger partial charge >= 0.3 is 0 Å². The van der Waals surface area contributed by atoms with Gasteiger partial charge in [-0.2, -0.15) is 0 Å². The third-order valence-corrected chi connectivity index (χ3v) is 3.74. The quantitative estimate of drug-likeness (QED) is 0.891. The first-order valence-electron chi connectivity index (χ1n) is 6.01. The fourth-order valence-corrected chi connectivity index (χ4v) is 2.47. The predicted molar refractivity (Wildman–Crippen MR) is 68.8 cm³/mol. The van der Waals surface area contributed by atoms with Gasteiger partial charge in [0.1, 0.15) is 5.82 Å². The van der Waals surface area contributed by atoms with Gasteiger partial charge in [0.05, 0.1) is 0 Å². The molecule has 0 spiro atoms. The van der Waals surface area contributed by atoms with Crippen molar-refractivity contribution in [3.63, 3.8) is 0 Å². The van der Waals surface area contributed by atoms with Crippen LogP contribution in [0.25, 0.3) is 0 Å². The van der Waals surface area contributed by atoms with Gasteiger partial charge in [0.25, 0.3) is 0 Å². The predicted octanol–water partition coefficient (Wildman–Crippen LogP) is 2.66. The molecule has 17 heavy (non-hydrogen) atoms. The Hall–Kier alpha value is -0.640. The fraction of sp³-hybridized carbons (Fsp3) is 0.538. The van der Waals surface area contributed by atoms with E-state index in [2.05, 4.69) is 17.3 Å². The van der Waals surface area contributed by atoms with Crippen LogP contribution in [0.2, 0.25) is 5.02 Å². The Morgan fingerprint density at radius 2 is 2.35 bits per heavy atom. The molecule has 1 aromatic carbocycles. The van der Waals surface area contributed by atoms with Crippen molar-refractivity contribution >= 4 is 11.6 Å². The summed E-state index contributed by atoms with van der Waals surface area (Å²) in [5.41, 5.74) is 0.826. The van der Waals surface area contributed by atoms with Crippen LogP contribution in [0.1, 0.15) is 18.4 Å². The second-order valence-corrected chi connectivity index (χ2v) is 5.05. The van der Waals surface area contributed by atoms with Crippen molar-refractivity contribution in [3.05, 3.63) is 34.6 Å². The number of hydrogen-bond acceptors (Lipinski definition) is 2. The maximum absolute atomic E-state index is 13.0. The number of benzene rings is 1. The van der Waals surface area contributed by atoms with Crippen LogP contribution in [0.15, 0.2) is 18.2 Å². The summed E-state index contributed by atoms with van der Waals surface area (Å²) in [4.78, 5) is 2.36. The number of nitrogens with one attached hydrogen (secondary N) is 1. The highest BCUT2D eigenvalue weighted by Crippen LogP contribution is 2.17. The van der Waals surface area contributed by atoms with Crippen molar-refractivity contribution in [1.29, 1.82) is 0 Å². The largest absolute Gasteiger partial charge is 0.311 e. The van der Waals surface area contributed by atoms with Gasteiger partial charge in [-0.3, -0.25) is 0 Å². The van der Waals surface area contributed by atoms with E-state index in [9.17, 15) is 4.39 Å². The molecule has 2 nitrogen and oxygen atoms in total. The lowest BCUT2D eigenvalue weighted by Gasteiger charge is -2.19. The second kappa shape index (κ2) is 5.80. The van der Waals surface area contributed by atoms with Crippen LogP contribution in [-0.2, 0) is 6.54 Å². The molecule has 1 N–H and O–H groups in total. The molecule has 0 aliphatic carbocycles. The van der Waals surface area contributed by atoms with E-state index in [0.717, 1.165) is 12.1 Å². The minimum atomic E-state index is -0.232. The highest BCUT2D eigenvalue weighted by atomic mass is 35.5. The highest BCUT2D eigenvalue weighted by molar-refractivity contribution is 6.31. The molecule has 1 aliphatic heterocycles. The first-order chi connectivity index (χ1) is 8.16. The third-order valence-electron chi connectivity index (χ3n) is 3.37. The number of rotatable bonds is 4. The van der Waals surface area contributed by atoms with E-state index >= 15 is 0 Å². The molecule has 1 heterocycles. The Kier molecular flexibility index (Phi) is 4.37. The minimum absolute atomic E-state index is 0.232. The van der Waals surface area contributed by atoms with E-state index in [1.54, 1.807) is 6.07 Å². The SMILES string of the molecule is CN1CCCC1CNCc1cc(F)ccc1Cl. The standard InChI is InChI=1S/C13H18ClFN2/c1-17-6-2-3-12(17)9-16-8-10-7-11(15)4-5-13(10)14/h4-5,7,12,16H,2-3,6,8-9H2,1H3. The number of likely N-dealkylation sites (N-methyl/N-ethyl adjacent to an activating group) is 1. The van der Waals surface area contributed by atoms with E-state index in [0.29, 0.717) is 17.6 Å². The van der Waals surface area contributed by atoms with Crippen LogP contribution in [0.3, 0.4) is 0 Å². The van der Waals surface area contributed by atoms with E-state index < -0.39 is 0 Å². The smallest absolute Gasteiger partial charge is 0.123 e. The van der Waals surface area contributed by atoms with Gasteiger partial charge in [-0.1, -0.05) is 11.6 Å². The summed E-state index contributed by atoms with van der Waals surface area (Å²) >= 11 is 6.00. The first kappa shape index (κ1) is 12.8. The number of nitrogens with zero attached hydrogens (tertiary/aromatic N) is 1. The second-order valence-electron chi connectivity index (χ2n) is 4.64. The molecule has 0 bridgehead atoms. The van der Waals surface area contributed by atoms with E-state index in [1.165, 1.54) is 31.5 Å². The van der Waals surface area contributed by atoms with E-state index in [-0.39, 0.29) is 5.82 Å². The summed E-state index contributed by atoms with van der Waals surface area (Å²) in [7, 11) is 2.15. The average molecular weight is 257 g/mol. The van der Waals surface area contributed by atoms with Crippen LogP contribution in [0.4, 0.5) is 4.39 Å². The van der Waals surface area contributed by atoms with Crippen molar-refractivity contribution in [1.82, 2.24) is 10.2 Å². The summed E-state index contributed by atoms with van der Waals surface area (Å²) in [5, 5.41) is 3.97. The third kappa shape index (κ3) is 3.41. The summed E-state index contributed by atoms with van der Waals surface area (Å²) in [6.07, 6.45) is 2.50. The molecule has 0 aromatic heterocycles. The minimum Gasteiger partial charge on any atom is -0.311 e. The van der Waals surface area contributed by atoms with Crippen molar-refractivity contribution in [3.8, 4) is 0 Å².